The highest BCUT2D eigenvalue weighted by Crippen LogP contribution is 2.06. The Balaban J connectivity index is -0.000000653. The lowest BCUT2D eigenvalue weighted by Gasteiger charge is -2.36. The normalized spacial score (nSPS) is 19.6. The summed E-state index contributed by atoms with van der Waals surface area (Å²) < 4.78 is 0. The average Bonchev–Trinajstić information content (AvgIpc) is 2.15. The molecule has 1 saturated heterocycles. The van der Waals surface area contributed by atoms with Gasteiger partial charge in [0.15, 0.2) is 0 Å². The Labute approximate surface area is 125 Å². The summed E-state index contributed by atoms with van der Waals surface area (Å²) in [5.74, 6) is 0. The summed E-state index contributed by atoms with van der Waals surface area (Å²) in [6.45, 7) is 13.6. The Hall–Kier alpha value is 0.750. The molecule has 1 rings (SSSR count). The second kappa shape index (κ2) is 11.8. The molecule has 17 heavy (non-hydrogen) atoms. The van der Waals surface area contributed by atoms with Crippen molar-refractivity contribution in [1.29, 1.82) is 0 Å². The van der Waals surface area contributed by atoms with Crippen molar-refractivity contribution in [1.82, 2.24) is 15.5 Å². The van der Waals surface area contributed by atoms with E-state index in [1.165, 1.54) is 0 Å². The van der Waals surface area contributed by atoms with Crippen LogP contribution in [0.5, 0.6) is 0 Å². The van der Waals surface area contributed by atoms with Gasteiger partial charge in [-0.15, -0.1) is 37.2 Å². The molecule has 1 fully saturated rings. The fraction of sp³-hybridized carbons (Fsp3) is 1.00. The van der Waals surface area contributed by atoms with E-state index in [0.29, 0.717) is 18.1 Å². The van der Waals surface area contributed by atoms with Gasteiger partial charge in [0, 0.05) is 44.3 Å². The summed E-state index contributed by atoms with van der Waals surface area (Å²) in [5, 5.41) is 6.98. The van der Waals surface area contributed by atoms with Crippen LogP contribution in [-0.2, 0) is 0 Å². The van der Waals surface area contributed by atoms with Crippen LogP contribution in [0.1, 0.15) is 27.7 Å². The summed E-state index contributed by atoms with van der Waals surface area (Å²) >= 11 is 0. The molecule has 1 unspecified atom stereocenters. The molecule has 0 spiro atoms. The number of nitrogens with zero attached hydrogens (tertiary/aromatic N) is 1. The van der Waals surface area contributed by atoms with Crippen molar-refractivity contribution in [3.8, 4) is 0 Å². The van der Waals surface area contributed by atoms with Gasteiger partial charge in [0.05, 0.1) is 0 Å². The zero-order valence-corrected chi connectivity index (χ0v) is 13.7. The lowest BCUT2D eigenvalue weighted by Crippen LogP contribution is -2.55. The van der Waals surface area contributed by atoms with Gasteiger partial charge in [-0.05, 0) is 27.7 Å². The van der Waals surface area contributed by atoms with Crippen molar-refractivity contribution in [3.05, 3.63) is 0 Å². The third-order valence-electron chi connectivity index (χ3n) is 2.88. The molecule has 0 aromatic heterocycles. The summed E-state index contributed by atoms with van der Waals surface area (Å²) in [6, 6.07) is 1.89. The first-order valence-electron chi connectivity index (χ1n) is 5.81. The molecule has 1 atom stereocenters. The number of halogens is 3. The minimum Gasteiger partial charge on any atom is -0.314 e. The van der Waals surface area contributed by atoms with Crippen LogP contribution < -0.4 is 10.6 Å². The van der Waals surface area contributed by atoms with E-state index in [1.807, 2.05) is 0 Å². The van der Waals surface area contributed by atoms with Gasteiger partial charge in [0.1, 0.15) is 0 Å². The second-order valence-corrected chi connectivity index (χ2v) is 4.74. The molecule has 108 valence electrons. The predicted octanol–water partition coefficient (Wildman–Crippen LogP) is 1.93. The first-order valence-corrected chi connectivity index (χ1v) is 5.81. The third kappa shape index (κ3) is 8.46. The second-order valence-electron chi connectivity index (χ2n) is 4.74. The van der Waals surface area contributed by atoms with Gasteiger partial charge in [-0.3, -0.25) is 4.90 Å². The Bertz CT molecular complexity index is 154. The van der Waals surface area contributed by atoms with Crippen LogP contribution in [0, 0.1) is 0 Å². The van der Waals surface area contributed by atoms with Crippen LogP contribution in [-0.4, -0.2) is 49.2 Å². The molecule has 0 saturated carbocycles. The van der Waals surface area contributed by atoms with Crippen molar-refractivity contribution in [2.75, 3.05) is 26.2 Å². The highest BCUT2D eigenvalue weighted by molar-refractivity contribution is 5.86. The maximum Gasteiger partial charge on any atom is 0.0320 e. The summed E-state index contributed by atoms with van der Waals surface area (Å²) in [6.07, 6.45) is 0. The minimum atomic E-state index is 0. The number of piperazine rings is 1. The van der Waals surface area contributed by atoms with Gasteiger partial charge in [0.25, 0.3) is 0 Å². The number of hydrogen-bond donors (Lipinski definition) is 2. The van der Waals surface area contributed by atoms with Crippen molar-refractivity contribution in [2.45, 2.75) is 45.8 Å². The molecule has 0 radical (unpaired) electrons. The molecule has 1 aliphatic rings. The SMILES string of the molecule is CC(C)N(CC1CNCCN1)C(C)C.Cl.Cl.Cl. The maximum absolute atomic E-state index is 3.56. The summed E-state index contributed by atoms with van der Waals surface area (Å²) in [7, 11) is 0. The Morgan fingerprint density at radius 2 is 1.53 bits per heavy atom. The van der Waals surface area contributed by atoms with E-state index in [4.69, 9.17) is 0 Å². The van der Waals surface area contributed by atoms with Gasteiger partial charge in [-0.25, -0.2) is 0 Å². The molecule has 0 aromatic rings. The molecule has 0 bridgehead atoms. The highest BCUT2D eigenvalue weighted by Gasteiger charge is 2.19. The van der Waals surface area contributed by atoms with E-state index in [0.717, 1.165) is 26.2 Å². The van der Waals surface area contributed by atoms with Gasteiger partial charge in [0.2, 0.25) is 0 Å². The lowest BCUT2D eigenvalue weighted by atomic mass is 10.1. The predicted molar refractivity (Wildman–Crippen MR) is 83.4 cm³/mol. The van der Waals surface area contributed by atoms with E-state index < -0.39 is 0 Å². The molecule has 1 aliphatic heterocycles. The van der Waals surface area contributed by atoms with E-state index >= 15 is 0 Å². The van der Waals surface area contributed by atoms with Crippen molar-refractivity contribution < 1.29 is 0 Å². The largest absolute Gasteiger partial charge is 0.314 e. The molecular weight excluding hydrogens is 281 g/mol. The van der Waals surface area contributed by atoms with Crippen molar-refractivity contribution >= 4 is 37.2 Å². The molecular formula is C11H28Cl3N3. The average molecular weight is 309 g/mol. The summed E-state index contributed by atoms with van der Waals surface area (Å²) in [5.41, 5.74) is 0. The number of nitrogens with one attached hydrogen (secondary N) is 2. The molecule has 0 aliphatic carbocycles. The Morgan fingerprint density at radius 3 is 1.88 bits per heavy atom. The van der Waals surface area contributed by atoms with E-state index in [-0.39, 0.29) is 37.2 Å². The number of rotatable bonds is 4. The molecule has 0 aromatic carbocycles. The first-order chi connectivity index (χ1) is 6.61. The third-order valence-corrected chi connectivity index (χ3v) is 2.88. The minimum absolute atomic E-state index is 0. The van der Waals surface area contributed by atoms with Crippen LogP contribution in [0.2, 0.25) is 0 Å². The first kappa shape index (κ1) is 22.9. The van der Waals surface area contributed by atoms with E-state index in [2.05, 4.69) is 43.2 Å². The van der Waals surface area contributed by atoms with Crippen molar-refractivity contribution in [3.63, 3.8) is 0 Å². The van der Waals surface area contributed by atoms with Gasteiger partial charge in [-0.2, -0.15) is 0 Å². The van der Waals surface area contributed by atoms with Crippen LogP contribution in [0.25, 0.3) is 0 Å². The van der Waals surface area contributed by atoms with E-state index in [1.54, 1.807) is 0 Å². The smallest absolute Gasteiger partial charge is 0.0320 e. The van der Waals surface area contributed by atoms with Gasteiger partial charge < -0.3 is 10.6 Å². The van der Waals surface area contributed by atoms with Gasteiger partial charge in [-0.1, -0.05) is 0 Å². The zero-order chi connectivity index (χ0) is 10.6. The Kier molecular flexibility index (Phi) is 15.9. The topological polar surface area (TPSA) is 27.3 Å². The fourth-order valence-electron chi connectivity index (χ4n) is 2.11. The zero-order valence-electron chi connectivity index (χ0n) is 11.2. The van der Waals surface area contributed by atoms with E-state index in [9.17, 15) is 0 Å². The monoisotopic (exact) mass is 307 g/mol. The van der Waals surface area contributed by atoms with Crippen LogP contribution in [0.4, 0.5) is 0 Å². The Morgan fingerprint density at radius 1 is 1.00 bits per heavy atom. The molecule has 1 heterocycles. The van der Waals surface area contributed by atoms with Crippen LogP contribution in [0.3, 0.4) is 0 Å². The van der Waals surface area contributed by atoms with Crippen LogP contribution in [0.15, 0.2) is 0 Å². The molecule has 6 heteroatoms. The lowest BCUT2D eigenvalue weighted by molar-refractivity contribution is 0.150. The maximum atomic E-state index is 3.56. The van der Waals surface area contributed by atoms with Crippen molar-refractivity contribution in [2.24, 2.45) is 0 Å². The highest BCUT2D eigenvalue weighted by atomic mass is 35.5. The van der Waals surface area contributed by atoms with Crippen LogP contribution >= 0.6 is 37.2 Å². The quantitative estimate of drug-likeness (QED) is 0.831. The molecule has 2 N–H and O–H groups in total. The van der Waals surface area contributed by atoms with Gasteiger partial charge >= 0.3 is 0 Å². The molecule has 3 nitrogen and oxygen atoms in total. The summed E-state index contributed by atoms with van der Waals surface area (Å²) in [4.78, 5) is 2.55. The standard InChI is InChI=1S/C11H25N3.3ClH/c1-9(2)14(10(3)4)8-11-7-12-5-6-13-11;;;/h9-13H,5-8H2,1-4H3;3*1H. The fourth-order valence-corrected chi connectivity index (χ4v) is 2.11. The number of hydrogen-bond acceptors (Lipinski definition) is 3. The molecule has 0 amide bonds.